The Kier molecular flexibility index (Phi) is 5.60. The van der Waals surface area contributed by atoms with E-state index in [1.807, 2.05) is 5.38 Å². The maximum Gasteiger partial charge on any atom is 0.217 e. The number of piperidine rings is 1. The number of halogens is 1. The second-order valence-corrected chi connectivity index (χ2v) is 6.14. The molecule has 1 fully saturated rings. The van der Waals surface area contributed by atoms with Gasteiger partial charge in [-0.15, -0.1) is 22.9 Å². The van der Waals surface area contributed by atoms with Crippen LogP contribution in [0.2, 0.25) is 0 Å². The third-order valence-corrected chi connectivity index (χ3v) is 4.60. The van der Waals surface area contributed by atoms with E-state index in [4.69, 9.17) is 11.6 Å². The van der Waals surface area contributed by atoms with Crippen LogP contribution in [0.25, 0.3) is 0 Å². The first-order valence-electron chi connectivity index (χ1n) is 6.66. The highest BCUT2D eigenvalue weighted by molar-refractivity contribution is 7.09. The molecule has 2 heterocycles. The van der Waals surface area contributed by atoms with Crippen molar-refractivity contribution in [3.63, 3.8) is 0 Å². The molecule has 0 unspecified atom stereocenters. The van der Waals surface area contributed by atoms with Gasteiger partial charge in [-0.1, -0.05) is 0 Å². The van der Waals surface area contributed by atoms with E-state index < -0.39 is 0 Å². The molecule has 106 valence electrons. The molecule has 0 atom stereocenters. The molecular formula is C13H20ClN3OS. The molecule has 4 nitrogen and oxygen atoms in total. The van der Waals surface area contributed by atoms with Gasteiger partial charge in [0.25, 0.3) is 0 Å². The highest BCUT2D eigenvalue weighted by Crippen LogP contribution is 2.15. The number of carbonyl (C=O) groups excluding carboxylic acids is 1. The lowest BCUT2D eigenvalue weighted by atomic mass is 10.0. The van der Waals surface area contributed by atoms with Crippen molar-refractivity contribution >= 4 is 28.8 Å². The lowest BCUT2D eigenvalue weighted by Gasteiger charge is -2.31. The van der Waals surface area contributed by atoms with E-state index in [0.717, 1.165) is 44.6 Å². The molecular weight excluding hydrogens is 282 g/mol. The molecule has 0 aromatic carbocycles. The zero-order chi connectivity index (χ0) is 13.7. The molecule has 0 spiro atoms. The third-order valence-electron chi connectivity index (χ3n) is 3.37. The molecule has 1 aromatic heterocycles. The Morgan fingerprint density at radius 3 is 2.89 bits per heavy atom. The molecule has 19 heavy (non-hydrogen) atoms. The van der Waals surface area contributed by atoms with Gasteiger partial charge >= 0.3 is 0 Å². The maximum atomic E-state index is 11.0. The summed E-state index contributed by atoms with van der Waals surface area (Å²) in [6.45, 7) is 4.74. The summed E-state index contributed by atoms with van der Waals surface area (Å²) in [5.74, 6) is 0.577. The predicted molar refractivity (Wildman–Crippen MR) is 78.7 cm³/mol. The summed E-state index contributed by atoms with van der Waals surface area (Å²) in [5, 5.41) is 6.20. The summed E-state index contributed by atoms with van der Waals surface area (Å²) in [7, 11) is 0. The number of alkyl halides is 1. The van der Waals surface area contributed by atoms with Crippen LogP contribution in [0.1, 0.15) is 30.5 Å². The van der Waals surface area contributed by atoms with Gasteiger partial charge in [-0.2, -0.15) is 0 Å². The van der Waals surface area contributed by atoms with E-state index in [1.165, 1.54) is 5.01 Å². The fraction of sp³-hybridized carbons (Fsp3) is 0.692. The van der Waals surface area contributed by atoms with E-state index in [9.17, 15) is 4.79 Å². The van der Waals surface area contributed by atoms with Gasteiger partial charge in [0.1, 0.15) is 0 Å². The first-order chi connectivity index (χ1) is 9.17. The molecule has 1 aliphatic rings. The highest BCUT2D eigenvalue weighted by atomic mass is 35.5. The molecule has 0 saturated carbocycles. The average Bonchev–Trinajstić information content (AvgIpc) is 2.85. The summed E-state index contributed by atoms with van der Waals surface area (Å²) < 4.78 is 0. The van der Waals surface area contributed by atoms with Crippen molar-refractivity contribution in [2.45, 2.75) is 38.1 Å². The van der Waals surface area contributed by atoms with Crippen LogP contribution < -0.4 is 5.32 Å². The minimum atomic E-state index is 0.0786. The number of nitrogens with one attached hydrogen (secondary N) is 1. The number of likely N-dealkylation sites (tertiary alicyclic amines) is 1. The zero-order valence-electron chi connectivity index (χ0n) is 11.2. The van der Waals surface area contributed by atoms with E-state index in [0.29, 0.717) is 11.9 Å². The van der Waals surface area contributed by atoms with Crippen LogP contribution in [0.4, 0.5) is 0 Å². The number of nitrogens with zero attached hydrogens (tertiary/aromatic N) is 2. The summed E-state index contributed by atoms with van der Waals surface area (Å²) in [6, 6.07) is 0.358. The summed E-state index contributed by atoms with van der Waals surface area (Å²) in [6.07, 6.45) is 3.08. The molecule has 1 N–H and O–H groups in total. The van der Waals surface area contributed by atoms with Crippen LogP contribution in [0, 0.1) is 0 Å². The van der Waals surface area contributed by atoms with Crippen LogP contribution >= 0.6 is 22.9 Å². The van der Waals surface area contributed by atoms with Crippen molar-refractivity contribution in [1.29, 1.82) is 0 Å². The Hall–Kier alpha value is -0.650. The number of hydrogen-bond acceptors (Lipinski definition) is 4. The quantitative estimate of drug-likeness (QED) is 0.847. The molecule has 1 aromatic rings. The molecule has 1 amide bonds. The number of aromatic nitrogens is 1. The van der Waals surface area contributed by atoms with E-state index >= 15 is 0 Å². The second-order valence-electron chi connectivity index (χ2n) is 4.93. The number of rotatable bonds is 5. The van der Waals surface area contributed by atoms with Crippen molar-refractivity contribution in [3.05, 3.63) is 16.1 Å². The zero-order valence-corrected chi connectivity index (χ0v) is 12.8. The predicted octanol–water partition coefficient (Wildman–Crippen LogP) is 2.02. The van der Waals surface area contributed by atoms with Gasteiger partial charge in [-0.3, -0.25) is 4.79 Å². The molecule has 0 bridgehead atoms. The topological polar surface area (TPSA) is 45.2 Å². The molecule has 2 rings (SSSR count). The Balaban J connectivity index is 1.69. The molecule has 0 radical (unpaired) electrons. The summed E-state index contributed by atoms with van der Waals surface area (Å²) >= 11 is 7.44. The van der Waals surface area contributed by atoms with Gasteiger partial charge in [0.05, 0.1) is 16.6 Å². The minimum absolute atomic E-state index is 0.0786. The van der Waals surface area contributed by atoms with Crippen molar-refractivity contribution in [1.82, 2.24) is 15.2 Å². The van der Waals surface area contributed by atoms with Gasteiger partial charge < -0.3 is 10.2 Å². The van der Waals surface area contributed by atoms with Crippen molar-refractivity contribution in [2.24, 2.45) is 0 Å². The van der Waals surface area contributed by atoms with Crippen LogP contribution in [-0.4, -0.2) is 41.5 Å². The number of thiazole rings is 1. The largest absolute Gasteiger partial charge is 0.354 e. The van der Waals surface area contributed by atoms with E-state index in [1.54, 1.807) is 18.3 Å². The lowest BCUT2D eigenvalue weighted by molar-refractivity contribution is -0.119. The average molecular weight is 302 g/mol. The third kappa shape index (κ3) is 4.75. The summed E-state index contributed by atoms with van der Waals surface area (Å²) in [4.78, 5) is 17.9. The highest BCUT2D eigenvalue weighted by Gasteiger charge is 2.19. The molecule has 1 saturated heterocycles. The monoisotopic (exact) mass is 301 g/mol. The normalized spacial score (nSPS) is 17.6. The minimum Gasteiger partial charge on any atom is -0.354 e. The van der Waals surface area contributed by atoms with Crippen LogP contribution in [0.15, 0.2) is 5.38 Å². The van der Waals surface area contributed by atoms with Crippen molar-refractivity contribution < 1.29 is 4.79 Å². The molecule has 6 heteroatoms. The van der Waals surface area contributed by atoms with Gasteiger partial charge in [-0.05, 0) is 12.8 Å². The van der Waals surface area contributed by atoms with Gasteiger partial charge in [-0.25, -0.2) is 4.98 Å². The number of hydrogen-bond donors (Lipinski definition) is 1. The SMILES string of the molecule is CC(=O)NC1CCN(CCc2nc(CCl)cs2)CC1. The number of amides is 1. The lowest BCUT2D eigenvalue weighted by Crippen LogP contribution is -2.44. The second kappa shape index (κ2) is 7.22. The fourth-order valence-corrected chi connectivity index (χ4v) is 3.38. The summed E-state index contributed by atoms with van der Waals surface area (Å²) in [5.41, 5.74) is 0.978. The Morgan fingerprint density at radius 2 is 2.32 bits per heavy atom. The smallest absolute Gasteiger partial charge is 0.217 e. The first kappa shape index (κ1) is 14.8. The van der Waals surface area contributed by atoms with E-state index in [2.05, 4.69) is 15.2 Å². The fourth-order valence-electron chi connectivity index (χ4n) is 2.37. The number of carbonyl (C=O) groups is 1. The molecule has 1 aliphatic heterocycles. The van der Waals surface area contributed by atoms with Crippen LogP contribution in [-0.2, 0) is 17.1 Å². The van der Waals surface area contributed by atoms with Crippen molar-refractivity contribution in [3.8, 4) is 0 Å². The Labute approximate surface area is 123 Å². The maximum absolute atomic E-state index is 11.0. The van der Waals surface area contributed by atoms with Gasteiger partial charge in [0, 0.05) is 44.4 Å². The van der Waals surface area contributed by atoms with Crippen molar-refractivity contribution in [2.75, 3.05) is 19.6 Å². The van der Waals surface area contributed by atoms with Crippen LogP contribution in [0.5, 0.6) is 0 Å². The van der Waals surface area contributed by atoms with Crippen LogP contribution in [0.3, 0.4) is 0 Å². The Bertz CT molecular complexity index is 416. The van der Waals surface area contributed by atoms with Gasteiger partial charge in [0.2, 0.25) is 5.91 Å². The molecule has 0 aliphatic carbocycles. The Morgan fingerprint density at radius 1 is 1.58 bits per heavy atom. The first-order valence-corrected chi connectivity index (χ1v) is 8.07. The standard InChI is InChI=1S/C13H20ClN3OS/c1-10(18)15-11-2-5-17(6-3-11)7-4-13-16-12(8-14)9-19-13/h9,11H,2-8H2,1H3,(H,15,18). The van der Waals surface area contributed by atoms with E-state index in [-0.39, 0.29) is 5.91 Å². The van der Waals surface area contributed by atoms with Gasteiger partial charge in [0.15, 0.2) is 0 Å².